The zero-order valence-electron chi connectivity index (χ0n) is 8.02. The van der Waals surface area contributed by atoms with Gasteiger partial charge in [0.2, 0.25) is 0 Å². The van der Waals surface area contributed by atoms with E-state index in [0.717, 1.165) is 20.6 Å². The van der Waals surface area contributed by atoms with Crippen LogP contribution in [0, 0.1) is 13.8 Å². The van der Waals surface area contributed by atoms with E-state index >= 15 is 0 Å². The van der Waals surface area contributed by atoms with Crippen LogP contribution in [0.15, 0.2) is 11.6 Å². The van der Waals surface area contributed by atoms with E-state index in [-0.39, 0.29) is 6.04 Å². The van der Waals surface area contributed by atoms with Crippen LogP contribution >= 0.6 is 22.7 Å². The Morgan fingerprint density at radius 1 is 1.43 bits per heavy atom. The standard InChI is InChI=1S/C9H11N3S2/c1-5-4-13-9(12-5)8(10)7-3-11-6(2)14-7/h3-4,8H,10H2,1-2H3. The Labute approximate surface area is 90.6 Å². The smallest absolute Gasteiger partial charge is 0.115 e. The molecule has 0 aliphatic rings. The monoisotopic (exact) mass is 225 g/mol. The molecule has 2 heterocycles. The highest BCUT2D eigenvalue weighted by Crippen LogP contribution is 2.26. The molecule has 0 amide bonds. The summed E-state index contributed by atoms with van der Waals surface area (Å²) in [5, 5.41) is 4.03. The molecule has 2 aromatic heterocycles. The van der Waals surface area contributed by atoms with Crippen LogP contribution in [-0.4, -0.2) is 9.97 Å². The number of nitrogens with zero attached hydrogens (tertiary/aromatic N) is 2. The minimum absolute atomic E-state index is 0.111. The summed E-state index contributed by atoms with van der Waals surface area (Å²) in [7, 11) is 0. The van der Waals surface area contributed by atoms with E-state index in [1.807, 2.05) is 25.4 Å². The molecule has 0 spiro atoms. The second-order valence-electron chi connectivity index (χ2n) is 3.09. The van der Waals surface area contributed by atoms with Crippen LogP contribution in [0.25, 0.3) is 0 Å². The molecule has 1 atom stereocenters. The molecule has 0 fully saturated rings. The van der Waals surface area contributed by atoms with Gasteiger partial charge in [-0.1, -0.05) is 0 Å². The average Bonchev–Trinajstić information content (AvgIpc) is 2.73. The van der Waals surface area contributed by atoms with Crippen LogP contribution in [0.1, 0.15) is 26.6 Å². The van der Waals surface area contributed by atoms with Gasteiger partial charge in [-0.15, -0.1) is 22.7 Å². The van der Waals surface area contributed by atoms with Crippen LogP contribution in [0.4, 0.5) is 0 Å². The number of thiazole rings is 2. The molecule has 0 aromatic carbocycles. The Bertz CT molecular complexity index is 392. The fraction of sp³-hybridized carbons (Fsp3) is 0.333. The van der Waals surface area contributed by atoms with Gasteiger partial charge in [0.25, 0.3) is 0 Å². The Kier molecular flexibility index (Phi) is 2.62. The second-order valence-corrected chi connectivity index (χ2v) is 5.24. The SMILES string of the molecule is Cc1csc(C(N)c2cnc(C)s2)n1. The molecule has 0 aliphatic heterocycles. The van der Waals surface area contributed by atoms with Crippen LogP contribution < -0.4 is 5.73 Å². The quantitative estimate of drug-likeness (QED) is 0.853. The number of rotatable bonds is 2. The summed E-state index contributed by atoms with van der Waals surface area (Å²) in [6.45, 7) is 3.96. The van der Waals surface area contributed by atoms with Crippen molar-refractivity contribution in [2.45, 2.75) is 19.9 Å². The van der Waals surface area contributed by atoms with Crippen LogP contribution in [0.3, 0.4) is 0 Å². The maximum atomic E-state index is 6.06. The lowest BCUT2D eigenvalue weighted by Gasteiger charge is -2.03. The van der Waals surface area contributed by atoms with Crippen molar-refractivity contribution in [1.29, 1.82) is 0 Å². The number of nitrogens with two attached hydrogens (primary N) is 1. The Hall–Kier alpha value is -0.780. The fourth-order valence-corrected chi connectivity index (χ4v) is 2.84. The highest BCUT2D eigenvalue weighted by Gasteiger charge is 2.14. The number of hydrogen-bond donors (Lipinski definition) is 1. The van der Waals surface area contributed by atoms with Crippen molar-refractivity contribution >= 4 is 22.7 Å². The Morgan fingerprint density at radius 3 is 2.71 bits per heavy atom. The van der Waals surface area contributed by atoms with E-state index < -0.39 is 0 Å². The molecule has 14 heavy (non-hydrogen) atoms. The van der Waals surface area contributed by atoms with Crippen LogP contribution in [0.5, 0.6) is 0 Å². The first-order chi connectivity index (χ1) is 6.66. The molecule has 2 N–H and O–H groups in total. The van der Waals surface area contributed by atoms with Crippen molar-refractivity contribution in [3.05, 3.63) is 32.2 Å². The van der Waals surface area contributed by atoms with E-state index in [2.05, 4.69) is 9.97 Å². The van der Waals surface area contributed by atoms with E-state index in [0.29, 0.717) is 0 Å². The molecule has 2 aromatic rings. The summed E-state index contributed by atoms with van der Waals surface area (Å²) in [6.07, 6.45) is 1.83. The predicted molar refractivity (Wildman–Crippen MR) is 59.7 cm³/mol. The van der Waals surface area contributed by atoms with Crippen LogP contribution in [-0.2, 0) is 0 Å². The molecule has 1 unspecified atom stereocenters. The van der Waals surface area contributed by atoms with Crippen molar-refractivity contribution in [2.24, 2.45) is 5.73 Å². The van der Waals surface area contributed by atoms with Gasteiger partial charge in [-0.05, 0) is 13.8 Å². The zero-order chi connectivity index (χ0) is 10.1. The molecule has 5 heteroatoms. The number of aryl methyl sites for hydroxylation is 2. The van der Waals surface area contributed by atoms with Gasteiger partial charge in [-0.25, -0.2) is 9.97 Å². The number of hydrogen-bond acceptors (Lipinski definition) is 5. The lowest BCUT2D eigenvalue weighted by atomic mass is 10.3. The van der Waals surface area contributed by atoms with Gasteiger partial charge in [-0.3, -0.25) is 0 Å². The average molecular weight is 225 g/mol. The first kappa shape index (κ1) is 9.76. The molecule has 0 bridgehead atoms. The minimum atomic E-state index is -0.111. The summed E-state index contributed by atoms with van der Waals surface area (Å²) in [6, 6.07) is -0.111. The van der Waals surface area contributed by atoms with Crippen molar-refractivity contribution in [1.82, 2.24) is 9.97 Å². The Morgan fingerprint density at radius 2 is 2.21 bits per heavy atom. The summed E-state index contributed by atoms with van der Waals surface area (Å²) < 4.78 is 0. The van der Waals surface area contributed by atoms with Gasteiger partial charge < -0.3 is 5.73 Å². The predicted octanol–water partition coefficient (Wildman–Crippen LogP) is 2.26. The van der Waals surface area contributed by atoms with Gasteiger partial charge in [0.15, 0.2) is 0 Å². The molecule has 2 rings (SSSR count). The molecular formula is C9H11N3S2. The van der Waals surface area contributed by atoms with E-state index in [1.165, 1.54) is 0 Å². The molecule has 0 radical (unpaired) electrons. The first-order valence-electron chi connectivity index (χ1n) is 4.27. The van der Waals surface area contributed by atoms with E-state index in [1.54, 1.807) is 22.7 Å². The normalized spacial score (nSPS) is 13.1. The molecule has 74 valence electrons. The van der Waals surface area contributed by atoms with Crippen molar-refractivity contribution in [3.8, 4) is 0 Å². The third kappa shape index (κ3) is 1.84. The van der Waals surface area contributed by atoms with Gasteiger partial charge >= 0.3 is 0 Å². The van der Waals surface area contributed by atoms with Gasteiger partial charge in [-0.2, -0.15) is 0 Å². The van der Waals surface area contributed by atoms with Crippen molar-refractivity contribution < 1.29 is 0 Å². The summed E-state index contributed by atoms with van der Waals surface area (Å²) in [5.41, 5.74) is 7.09. The first-order valence-corrected chi connectivity index (χ1v) is 5.96. The third-order valence-electron chi connectivity index (χ3n) is 1.85. The maximum absolute atomic E-state index is 6.06. The lowest BCUT2D eigenvalue weighted by molar-refractivity contribution is 0.868. The van der Waals surface area contributed by atoms with Gasteiger partial charge in [0.05, 0.1) is 11.0 Å². The highest BCUT2D eigenvalue weighted by atomic mass is 32.1. The van der Waals surface area contributed by atoms with Gasteiger partial charge in [0.1, 0.15) is 5.01 Å². The van der Waals surface area contributed by atoms with E-state index in [4.69, 9.17) is 5.73 Å². The van der Waals surface area contributed by atoms with Crippen molar-refractivity contribution in [2.75, 3.05) is 0 Å². The minimum Gasteiger partial charge on any atom is -0.318 e. The largest absolute Gasteiger partial charge is 0.318 e. The topological polar surface area (TPSA) is 51.8 Å². The molecular weight excluding hydrogens is 214 g/mol. The summed E-state index contributed by atoms with van der Waals surface area (Å²) >= 11 is 3.24. The molecule has 0 saturated carbocycles. The summed E-state index contributed by atoms with van der Waals surface area (Å²) in [4.78, 5) is 9.63. The second kappa shape index (κ2) is 3.76. The summed E-state index contributed by atoms with van der Waals surface area (Å²) in [5.74, 6) is 0. The fourth-order valence-electron chi connectivity index (χ4n) is 1.16. The van der Waals surface area contributed by atoms with E-state index in [9.17, 15) is 0 Å². The maximum Gasteiger partial charge on any atom is 0.115 e. The molecule has 0 saturated heterocycles. The van der Waals surface area contributed by atoms with Crippen LogP contribution in [0.2, 0.25) is 0 Å². The number of aromatic nitrogens is 2. The Balaban J connectivity index is 2.28. The molecule has 3 nitrogen and oxygen atoms in total. The van der Waals surface area contributed by atoms with Gasteiger partial charge in [0, 0.05) is 22.1 Å². The molecule has 0 aliphatic carbocycles. The zero-order valence-corrected chi connectivity index (χ0v) is 9.65. The lowest BCUT2D eigenvalue weighted by Crippen LogP contribution is -2.09. The van der Waals surface area contributed by atoms with Crippen molar-refractivity contribution in [3.63, 3.8) is 0 Å². The third-order valence-corrected chi connectivity index (χ3v) is 3.89. The highest BCUT2D eigenvalue weighted by molar-refractivity contribution is 7.12.